The summed E-state index contributed by atoms with van der Waals surface area (Å²) in [6.07, 6.45) is 0.0950. The van der Waals surface area contributed by atoms with Crippen LogP contribution in [0.25, 0.3) is 33.1 Å². The minimum Gasteiger partial charge on any atom is -0.491 e. The number of benzene rings is 3. The second-order valence-electron chi connectivity index (χ2n) is 7.60. The molecule has 5 heteroatoms. The van der Waals surface area contributed by atoms with Crippen molar-refractivity contribution in [3.8, 4) is 5.75 Å². The summed E-state index contributed by atoms with van der Waals surface area (Å²) in [4.78, 5) is 22.8. The van der Waals surface area contributed by atoms with Crippen LogP contribution in [0.15, 0.2) is 72.8 Å². The third-order valence-electron chi connectivity index (χ3n) is 5.11. The molecule has 0 aliphatic carbocycles. The summed E-state index contributed by atoms with van der Waals surface area (Å²) in [7, 11) is 0. The highest BCUT2D eigenvalue weighted by Gasteiger charge is 2.17. The van der Waals surface area contributed by atoms with Gasteiger partial charge in [0.25, 0.3) is 0 Å². The number of hydrogen-bond donors (Lipinski definition) is 0. The Kier molecular flexibility index (Phi) is 4.43. The van der Waals surface area contributed by atoms with Crippen molar-refractivity contribution in [3.05, 3.63) is 78.4 Å². The topological polar surface area (TPSA) is 57.0 Å². The van der Waals surface area contributed by atoms with Crippen LogP contribution in [0, 0.1) is 0 Å². The Morgan fingerprint density at radius 3 is 2.30 bits per heavy atom. The standard InChI is InChI=1S/C25H21N3O2/c1-16(2)30-18-13-11-17(12-14-18)23(29)15-28-22-10-6-3-7-19(22)24-25(28)27-21-9-5-4-8-20(21)26-24/h3-14,16H,15H2,1-2H3. The van der Waals surface area contributed by atoms with Gasteiger partial charge in [-0.15, -0.1) is 0 Å². The molecule has 0 fully saturated rings. The van der Waals surface area contributed by atoms with Gasteiger partial charge in [-0.25, -0.2) is 9.97 Å². The smallest absolute Gasteiger partial charge is 0.182 e. The minimum absolute atomic E-state index is 0.0173. The van der Waals surface area contributed by atoms with E-state index in [1.165, 1.54) is 0 Å². The first-order valence-corrected chi connectivity index (χ1v) is 10.0. The maximum atomic E-state index is 13.1. The summed E-state index contributed by atoms with van der Waals surface area (Å²) >= 11 is 0. The van der Waals surface area contributed by atoms with Crippen molar-refractivity contribution in [2.45, 2.75) is 26.5 Å². The van der Waals surface area contributed by atoms with Gasteiger partial charge in [-0.2, -0.15) is 0 Å². The fourth-order valence-electron chi connectivity index (χ4n) is 3.77. The predicted molar refractivity (Wildman–Crippen MR) is 119 cm³/mol. The molecule has 5 nitrogen and oxygen atoms in total. The third kappa shape index (κ3) is 3.18. The van der Waals surface area contributed by atoms with Crippen molar-refractivity contribution in [1.29, 1.82) is 0 Å². The molecule has 5 aromatic rings. The number of carbonyl (C=O) groups excluding carboxylic acids is 1. The Hall–Kier alpha value is -3.73. The van der Waals surface area contributed by atoms with Crippen LogP contribution in [0.4, 0.5) is 0 Å². The van der Waals surface area contributed by atoms with Crippen molar-refractivity contribution in [3.63, 3.8) is 0 Å². The van der Waals surface area contributed by atoms with Gasteiger partial charge < -0.3 is 9.30 Å². The lowest BCUT2D eigenvalue weighted by molar-refractivity contribution is 0.0974. The fourth-order valence-corrected chi connectivity index (χ4v) is 3.77. The zero-order chi connectivity index (χ0) is 20.7. The van der Waals surface area contributed by atoms with Crippen LogP contribution in [0.2, 0.25) is 0 Å². The van der Waals surface area contributed by atoms with Crippen molar-refractivity contribution < 1.29 is 9.53 Å². The van der Waals surface area contributed by atoms with E-state index in [0.717, 1.165) is 38.8 Å². The van der Waals surface area contributed by atoms with Crippen LogP contribution in [0.3, 0.4) is 0 Å². The van der Waals surface area contributed by atoms with Crippen LogP contribution in [0.5, 0.6) is 5.75 Å². The molecule has 0 saturated carbocycles. The number of Topliss-reactive ketones (excluding diaryl/α,β-unsaturated/α-hetero) is 1. The molecule has 30 heavy (non-hydrogen) atoms. The molecular weight excluding hydrogens is 374 g/mol. The Morgan fingerprint density at radius 1 is 0.900 bits per heavy atom. The molecule has 0 spiro atoms. The number of aromatic nitrogens is 3. The summed E-state index contributed by atoms with van der Waals surface area (Å²) in [5.41, 5.74) is 4.80. The van der Waals surface area contributed by atoms with Gasteiger partial charge in [-0.05, 0) is 56.3 Å². The average Bonchev–Trinajstić information content (AvgIpc) is 3.05. The maximum Gasteiger partial charge on any atom is 0.182 e. The summed E-state index contributed by atoms with van der Waals surface area (Å²) in [6.45, 7) is 4.15. The van der Waals surface area contributed by atoms with Gasteiger partial charge >= 0.3 is 0 Å². The van der Waals surface area contributed by atoms with Crippen molar-refractivity contribution in [1.82, 2.24) is 14.5 Å². The van der Waals surface area contributed by atoms with E-state index in [2.05, 4.69) is 0 Å². The summed E-state index contributed by atoms with van der Waals surface area (Å²) in [5, 5.41) is 0.999. The number of hydrogen-bond acceptors (Lipinski definition) is 4. The average molecular weight is 395 g/mol. The van der Waals surface area contributed by atoms with Crippen molar-refractivity contribution >= 4 is 38.9 Å². The molecule has 0 aliphatic rings. The van der Waals surface area contributed by atoms with Gasteiger partial charge in [0.05, 0.1) is 29.2 Å². The number of nitrogens with zero attached hydrogens (tertiary/aromatic N) is 3. The normalized spacial score (nSPS) is 11.6. The highest BCUT2D eigenvalue weighted by atomic mass is 16.5. The van der Waals surface area contributed by atoms with E-state index in [9.17, 15) is 4.79 Å². The van der Waals surface area contributed by atoms with Crippen LogP contribution in [-0.2, 0) is 6.54 Å². The van der Waals surface area contributed by atoms with Gasteiger partial charge in [-0.1, -0.05) is 30.3 Å². The van der Waals surface area contributed by atoms with Crippen molar-refractivity contribution in [2.75, 3.05) is 0 Å². The molecule has 0 unspecified atom stereocenters. The number of para-hydroxylation sites is 3. The Labute approximate surface area is 173 Å². The lowest BCUT2D eigenvalue weighted by Gasteiger charge is -2.10. The van der Waals surface area contributed by atoms with Crippen LogP contribution < -0.4 is 4.74 Å². The van der Waals surface area contributed by atoms with E-state index in [1.54, 1.807) is 0 Å². The molecule has 3 aromatic carbocycles. The van der Waals surface area contributed by atoms with Gasteiger partial charge in [0, 0.05) is 10.9 Å². The molecule has 2 aromatic heterocycles. The molecule has 0 radical (unpaired) electrons. The van der Waals surface area contributed by atoms with E-state index in [1.807, 2.05) is 91.2 Å². The Morgan fingerprint density at radius 2 is 1.57 bits per heavy atom. The Balaban J connectivity index is 1.59. The zero-order valence-corrected chi connectivity index (χ0v) is 16.9. The molecule has 0 amide bonds. The van der Waals surface area contributed by atoms with Gasteiger partial charge in [0.1, 0.15) is 11.3 Å². The van der Waals surface area contributed by atoms with E-state index < -0.39 is 0 Å². The lowest BCUT2D eigenvalue weighted by atomic mass is 10.1. The first-order valence-electron chi connectivity index (χ1n) is 10.0. The number of fused-ring (bicyclic) bond motifs is 4. The first kappa shape index (κ1) is 18.3. The number of rotatable bonds is 5. The summed E-state index contributed by atoms with van der Waals surface area (Å²) < 4.78 is 7.64. The van der Waals surface area contributed by atoms with Gasteiger partial charge in [0.2, 0.25) is 0 Å². The molecular formula is C25H21N3O2. The Bertz CT molecular complexity index is 1380. The van der Waals surface area contributed by atoms with Crippen LogP contribution in [-0.4, -0.2) is 26.4 Å². The van der Waals surface area contributed by atoms with Crippen LogP contribution >= 0.6 is 0 Å². The molecule has 148 valence electrons. The van der Waals surface area contributed by atoms with E-state index in [0.29, 0.717) is 5.56 Å². The highest BCUT2D eigenvalue weighted by Crippen LogP contribution is 2.28. The summed E-state index contributed by atoms with van der Waals surface area (Å²) in [6, 6.07) is 23.1. The molecule has 2 heterocycles. The number of carbonyl (C=O) groups is 1. The predicted octanol–water partition coefficient (Wildman–Crippen LogP) is 5.41. The highest BCUT2D eigenvalue weighted by molar-refractivity contribution is 6.08. The molecule has 0 bridgehead atoms. The van der Waals surface area contributed by atoms with E-state index >= 15 is 0 Å². The minimum atomic E-state index is 0.0173. The SMILES string of the molecule is CC(C)Oc1ccc(C(=O)Cn2c3ccccc3c3nc4ccccc4nc32)cc1. The summed E-state index contributed by atoms with van der Waals surface area (Å²) in [5.74, 6) is 0.777. The number of ketones is 1. The second kappa shape index (κ2) is 7.26. The van der Waals surface area contributed by atoms with Gasteiger partial charge in [-0.3, -0.25) is 4.79 Å². The molecule has 5 rings (SSSR count). The van der Waals surface area contributed by atoms with E-state index in [4.69, 9.17) is 14.7 Å². The van der Waals surface area contributed by atoms with E-state index in [-0.39, 0.29) is 18.4 Å². The molecule has 0 atom stereocenters. The largest absolute Gasteiger partial charge is 0.491 e. The molecule has 0 N–H and O–H groups in total. The quantitative estimate of drug-likeness (QED) is 0.374. The first-order chi connectivity index (χ1) is 14.6. The molecule has 0 aliphatic heterocycles. The fraction of sp³-hybridized carbons (Fsp3) is 0.160. The zero-order valence-electron chi connectivity index (χ0n) is 16.9. The molecule has 0 saturated heterocycles. The van der Waals surface area contributed by atoms with Gasteiger partial charge in [0.15, 0.2) is 11.4 Å². The monoisotopic (exact) mass is 395 g/mol. The van der Waals surface area contributed by atoms with Crippen LogP contribution in [0.1, 0.15) is 24.2 Å². The maximum absolute atomic E-state index is 13.1. The lowest BCUT2D eigenvalue weighted by Crippen LogP contribution is -2.11. The third-order valence-corrected chi connectivity index (χ3v) is 5.11. The van der Waals surface area contributed by atoms with Crippen molar-refractivity contribution in [2.24, 2.45) is 0 Å². The number of ether oxygens (including phenoxy) is 1. The second-order valence-corrected chi connectivity index (χ2v) is 7.60.